The molecule has 218 valence electrons. The number of ether oxygens (including phenoxy) is 1. The summed E-state index contributed by atoms with van der Waals surface area (Å²) < 4.78 is 11.8. The molecule has 1 aromatic carbocycles. The third-order valence-electron chi connectivity index (χ3n) is 8.37. The number of benzene rings is 1. The summed E-state index contributed by atoms with van der Waals surface area (Å²) in [5, 5.41) is 12.0. The Bertz CT molecular complexity index is 1760. The van der Waals surface area contributed by atoms with E-state index in [1.165, 1.54) is 5.56 Å². The molecule has 7 rings (SSSR count). The van der Waals surface area contributed by atoms with Gasteiger partial charge in [-0.2, -0.15) is 10.2 Å². The Hall–Kier alpha value is -4.29. The minimum absolute atomic E-state index is 0.269. The highest BCUT2D eigenvalue weighted by atomic mass is 16.5. The van der Waals surface area contributed by atoms with Gasteiger partial charge in [0.05, 0.1) is 41.3 Å². The predicted octanol–water partition coefficient (Wildman–Crippen LogP) is 3.29. The summed E-state index contributed by atoms with van der Waals surface area (Å²) in [6.45, 7) is 8.70. The minimum atomic E-state index is -0.331. The van der Waals surface area contributed by atoms with Gasteiger partial charge in [0.1, 0.15) is 5.69 Å². The molecule has 2 bridgehead atoms. The molecule has 1 fully saturated rings. The zero-order chi connectivity index (χ0) is 28.8. The van der Waals surface area contributed by atoms with E-state index in [1.54, 1.807) is 33.7 Å². The third-order valence-corrected chi connectivity index (χ3v) is 8.37. The monoisotopic (exact) mass is 568 g/mol. The number of carbonyl (C=O) groups is 1. The van der Waals surface area contributed by atoms with Crippen molar-refractivity contribution in [3.8, 4) is 17.1 Å². The number of imidazole rings is 1. The molecule has 0 spiro atoms. The summed E-state index contributed by atoms with van der Waals surface area (Å²) in [6.07, 6.45) is 5.25. The fourth-order valence-electron chi connectivity index (χ4n) is 5.97. The van der Waals surface area contributed by atoms with Crippen molar-refractivity contribution in [1.82, 2.24) is 43.7 Å². The smallest absolute Gasteiger partial charge is 0.276 e. The number of carbonyl (C=O) groups excluding carboxylic acids is 1. The lowest BCUT2D eigenvalue weighted by molar-refractivity contribution is 0.102. The van der Waals surface area contributed by atoms with Gasteiger partial charge in [-0.05, 0) is 49.6 Å². The molecule has 2 aliphatic heterocycles. The Balaban J connectivity index is 1.28. The van der Waals surface area contributed by atoms with Crippen molar-refractivity contribution in [1.29, 1.82) is 0 Å². The number of piperazine rings is 1. The highest BCUT2D eigenvalue weighted by Gasteiger charge is 2.23. The Morgan fingerprint density at radius 3 is 2.76 bits per heavy atom. The number of aromatic nitrogens is 7. The maximum absolute atomic E-state index is 13.8. The lowest BCUT2D eigenvalue weighted by Gasteiger charge is -2.32. The van der Waals surface area contributed by atoms with Gasteiger partial charge >= 0.3 is 0 Å². The van der Waals surface area contributed by atoms with Crippen molar-refractivity contribution in [3.63, 3.8) is 0 Å². The molecule has 1 atom stereocenters. The van der Waals surface area contributed by atoms with Crippen LogP contribution < -0.4 is 10.1 Å². The molecular formula is C30H36N10O2. The van der Waals surface area contributed by atoms with E-state index in [1.807, 2.05) is 7.05 Å². The van der Waals surface area contributed by atoms with Crippen LogP contribution in [0.2, 0.25) is 0 Å². The van der Waals surface area contributed by atoms with Crippen LogP contribution in [0, 0.1) is 5.92 Å². The SMILES string of the molecule is CC1CCCOc2c(cnn2C)-c2cc(nc3ccnn23)C(=O)Nc2nc3ccc(CN4CCN(C)CC4)cc3n2C1. The van der Waals surface area contributed by atoms with Crippen LogP contribution >= 0.6 is 0 Å². The van der Waals surface area contributed by atoms with Crippen LogP contribution in [0.15, 0.2) is 42.7 Å². The summed E-state index contributed by atoms with van der Waals surface area (Å²) in [7, 11) is 4.03. The first-order chi connectivity index (χ1) is 20.4. The number of nitrogens with zero attached hydrogens (tertiary/aromatic N) is 9. The molecular weight excluding hydrogens is 532 g/mol. The highest BCUT2D eigenvalue weighted by molar-refractivity contribution is 6.03. The van der Waals surface area contributed by atoms with Crippen LogP contribution in [0.4, 0.5) is 5.95 Å². The fraction of sp³-hybridized carbons (Fsp3) is 0.433. The number of fused-ring (bicyclic) bond motifs is 9. The lowest BCUT2D eigenvalue weighted by Crippen LogP contribution is -2.43. The summed E-state index contributed by atoms with van der Waals surface area (Å²) in [4.78, 5) is 28.1. The van der Waals surface area contributed by atoms with Gasteiger partial charge in [-0.1, -0.05) is 13.0 Å². The van der Waals surface area contributed by atoms with Crippen molar-refractivity contribution in [2.75, 3.05) is 45.2 Å². The standard InChI is InChI=1S/C30H36N10O2/c1-20-5-4-14-42-29-22(17-32-37(29)3)25-16-24(33-27-8-9-31-40(25)27)28(41)35-30-34-23-7-6-21(15-26(23)39(30)18-20)19-38-12-10-36(2)11-13-38/h6-9,15-17,20H,4-5,10-14,18-19H2,1-3H3,(H,34,35,41). The Morgan fingerprint density at radius 1 is 1.05 bits per heavy atom. The Morgan fingerprint density at radius 2 is 1.90 bits per heavy atom. The van der Waals surface area contributed by atoms with Crippen molar-refractivity contribution < 1.29 is 9.53 Å². The molecule has 0 aliphatic carbocycles. The van der Waals surface area contributed by atoms with Crippen LogP contribution in [-0.4, -0.2) is 89.5 Å². The largest absolute Gasteiger partial charge is 0.477 e. The summed E-state index contributed by atoms with van der Waals surface area (Å²) in [6, 6.07) is 9.98. The number of anilines is 1. The zero-order valence-electron chi connectivity index (χ0n) is 24.3. The molecule has 0 radical (unpaired) electrons. The van der Waals surface area contributed by atoms with Gasteiger partial charge < -0.3 is 14.2 Å². The Kier molecular flexibility index (Phi) is 6.87. The van der Waals surface area contributed by atoms with E-state index < -0.39 is 0 Å². The molecule has 1 unspecified atom stereocenters. The van der Waals surface area contributed by atoms with Crippen LogP contribution in [0.5, 0.6) is 5.88 Å². The van der Waals surface area contributed by atoms with E-state index in [0.29, 0.717) is 35.7 Å². The lowest BCUT2D eigenvalue weighted by atomic mass is 10.1. The molecule has 0 saturated carbocycles. The van der Waals surface area contributed by atoms with Gasteiger partial charge in [0.2, 0.25) is 11.8 Å². The van der Waals surface area contributed by atoms with E-state index >= 15 is 0 Å². The Labute approximate surface area is 243 Å². The molecule has 5 aromatic rings. The van der Waals surface area contributed by atoms with E-state index in [2.05, 4.69) is 67.0 Å². The first-order valence-electron chi connectivity index (χ1n) is 14.6. The van der Waals surface area contributed by atoms with Gasteiger partial charge in [-0.25, -0.2) is 19.2 Å². The molecule has 42 heavy (non-hydrogen) atoms. The average Bonchev–Trinajstić information content (AvgIpc) is 3.69. The van der Waals surface area contributed by atoms with E-state index in [4.69, 9.17) is 9.72 Å². The van der Waals surface area contributed by atoms with Gasteiger partial charge in [0, 0.05) is 52.4 Å². The molecule has 4 aromatic heterocycles. The van der Waals surface area contributed by atoms with Crippen molar-refractivity contribution >= 4 is 28.5 Å². The number of hydrogen-bond donors (Lipinski definition) is 1. The molecule has 6 heterocycles. The van der Waals surface area contributed by atoms with E-state index in [9.17, 15) is 4.79 Å². The average molecular weight is 569 g/mol. The fourth-order valence-corrected chi connectivity index (χ4v) is 5.97. The summed E-state index contributed by atoms with van der Waals surface area (Å²) in [5.41, 5.74) is 5.42. The number of likely N-dealkylation sites (N-methyl/N-ethyl adjacent to an activating group) is 1. The predicted molar refractivity (Wildman–Crippen MR) is 160 cm³/mol. The third kappa shape index (κ3) is 5.01. The van der Waals surface area contributed by atoms with Crippen molar-refractivity contribution in [3.05, 3.63) is 54.0 Å². The second-order valence-electron chi connectivity index (χ2n) is 11.6. The quantitative estimate of drug-likeness (QED) is 0.346. The number of amides is 1. The van der Waals surface area contributed by atoms with E-state index in [0.717, 1.165) is 68.7 Å². The second kappa shape index (κ2) is 10.8. The first kappa shape index (κ1) is 26.6. The van der Waals surface area contributed by atoms with Gasteiger partial charge in [-0.15, -0.1) is 0 Å². The normalized spacial score (nSPS) is 19.1. The van der Waals surface area contributed by atoms with Crippen LogP contribution in [0.3, 0.4) is 0 Å². The zero-order valence-corrected chi connectivity index (χ0v) is 24.3. The van der Waals surface area contributed by atoms with Gasteiger partial charge in [-0.3, -0.25) is 15.0 Å². The second-order valence-corrected chi connectivity index (χ2v) is 11.6. The van der Waals surface area contributed by atoms with Crippen molar-refractivity contribution in [2.45, 2.75) is 32.9 Å². The molecule has 1 amide bonds. The van der Waals surface area contributed by atoms with Gasteiger partial charge in [0.25, 0.3) is 5.91 Å². The molecule has 2 aliphatic rings. The molecule has 1 N–H and O–H groups in total. The summed E-state index contributed by atoms with van der Waals surface area (Å²) in [5.74, 6) is 1.17. The topological polar surface area (TPSA) is 111 Å². The van der Waals surface area contributed by atoms with Crippen LogP contribution in [0.25, 0.3) is 27.9 Å². The molecule has 12 heteroatoms. The maximum Gasteiger partial charge on any atom is 0.276 e. The highest BCUT2D eigenvalue weighted by Crippen LogP contribution is 2.31. The molecule has 12 nitrogen and oxygen atoms in total. The first-order valence-corrected chi connectivity index (χ1v) is 14.6. The maximum atomic E-state index is 13.8. The molecule has 1 saturated heterocycles. The number of aryl methyl sites for hydroxylation is 1. The minimum Gasteiger partial charge on any atom is -0.477 e. The number of nitrogens with one attached hydrogen (secondary N) is 1. The van der Waals surface area contributed by atoms with Crippen molar-refractivity contribution in [2.24, 2.45) is 13.0 Å². The van der Waals surface area contributed by atoms with Gasteiger partial charge in [0.15, 0.2) is 5.65 Å². The summed E-state index contributed by atoms with van der Waals surface area (Å²) >= 11 is 0. The van der Waals surface area contributed by atoms with Crippen LogP contribution in [0.1, 0.15) is 35.8 Å². The van der Waals surface area contributed by atoms with E-state index in [-0.39, 0.29) is 11.6 Å². The number of hydrogen-bond acceptors (Lipinski definition) is 8. The number of rotatable bonds is 2. The van der Waals surface area contributed by atoms with Crippen LogP contribution in [-0.2, 0) is 20.1 Å².